The van der Waals surface area contributed by atoms with Crippen molar-refractivity contribution in [2.24, 2.45) is 0 Å². The lowest BCUT2D eigenvalue weighted by atomic mass is 10.2. The topological polar surface area (TPSA) is 55.0 Å². The van der Waals surface area contributed by atoms with Crippen LogP contribution in [-0.4, -0.2) is 17.1 Å². The molecule has 0 saturated carbocycles. The fourth-order valence-corrected chi connectivity index (χ4v) is 2.21. The summed E-state index contributed by atoms with van der Waals surface area (Å²) in [4.78, 5) is 11.7. The van der Waals surface area contributed by atoms with Crippen LogP contribution in [0.4, 0.5) is 0 Å². The molecule has 22 heavy (non-hydrogen) atoms. The Bertz CT molecular complexity index is 801. The summed E-state index contributed by atoms with van der Waals surface area (Å²) in [6, 6.07) is 15.0. The van der Waals surface area contributed by atoms with Gasteiger partial charge in [-0.2, -0.15) is 5.26 Å². The third-order valence-electron chi connectivity index (χ3n) is 2.93. The SMILES string of the molecule is CCOC(=O)/C(C#N)=C/c1cccn(-c2ccccc2)c1=S. The zero-order valence-electron chi connectivity index (χ0n) is 12.0. The Hall–Kier alpha value is -2.71. The van der Waals surface area contributed by atoms with E-state index in [0.29, 0.717) is 10.2 Å². The Morgan fingerprint density at radius 3 is 2.68 bits per heavy atom. The summed E-state index contributed by atoms with van der Waals surface area (Å²) < 4.78 is 7.19. The van der Waals surface area contributed by atoms with Crippen LogP contribution in [0.15, 0.2) is 54.2 Å². The Morgan fingerprint density at radius 2 is 2.05 bits per heavy atom. The maximum absolute atomic E-state index is 11.7. The summed E-state index contributed by atoms with van der Waals surface area (Å²) in [5, 5.41) is 9.10. The molecule has 0 aliphatic rings. The number of rotatable bonds is 4. The van der Waals surface area contributed by atoms with Crippen molar-refractivity contribution >= 4 is 24.3 Å². The highest BCUT2D eigenvalue weighted by molar-refractivity contribution is 7.71. The molecule has 1 aromatic carbocycles. The van der Waals surface area contributed by atoms with Crippen molar-refractivity contribution in [1.82, 2.24) is 4.57 Å². The van der Waals surface area contributed by atoms with Gasteiger partial charge in [0.25, 0.3) is 0 Å². The number of esters is 1. The molecule has 1 heterocycles. The number of para-hydroxylation sites is 1. The van der Waals surface area contributed by atoms with Gasteiger partial charge in [0.2, 0.25) is 0 Å². The van der Waals surface area contributed by atoms with Gasteiger partial charge < -0.3 is 9.30 Å². The van der Waals surface area contributed by atoms with E-state index in [2.05, 4.69) is 0 Å². The molecule has 0 unspecified atom stereocenters. The highest BCUT2D eigenvalue weighted by Gasteiger charge is 2.10. The molecule has 0 aliphatic heterocycles. The minimum Gasteiger partial charge on any atom is -0.462 e. The molecule has 0 spiro atoms. The number of aromatic nitrogens is 1. The second-order valence-electron chi connectivity index (χ2n) is 4.36. The van der Waals surface area contributed by atoms with Gasteiger partial charge in [0.15, 0.2) is 0 Å². The molecule has 0 atom stereocenters. The van der Waals surface area contributed by atoms with Gasteiger partial charge in [0, 0.05) is 17.4 Å². The van der Waals surface area contributed by atoms with Gasteiger partial charge in [0.1, 0.15) is 16.3 Å². The van der Waals surface area contributed by atoms with Crippen LogP contribution in [0.25, 0.3) is 11.8 Å². The molecule has 2 aromatic rings. The second-order valence-corrected chi connectivity index (χ2v) is 4.75. The van der Waals surface area contributed by atoms with Crippen LogP contribution < -0.4 is 0 Å². The monoisotopic (exact) mass is 310 g/mol. The summed E-state index contributed by atoms with van der Waals surface area (Å²) in [6.07, 6.45) is 3.30. The molecule has 0 fully saturated rings. The number of benzene rings is 1. The van der Waals surface area contributed by atoms with Crippen molar-refractivity contribution in [3.8, 4) is 11.8 Å². The fourth-order valence-electron chi connectivity index (χ4n) is 1.91. The molecular formula is C17H14N2O2S. The van der Waals surface area contributed by atoms with Gasteiger partial charge >= 0.3 is 5.97 Å². The Balaban J connectivity index is 2.48. The van der Waals surface area contributed by atoms with E-state index in [1.807, 2.05) is 53.2 Å². The van der Waals surface area contributed by atoms with Crippen molar-refractivity contribution in [3.05, 3.63) is 64.4 Å². The van der Waals surface area contributed by atoms with Crippen LogP contribution >= 0.6 is 12.2 Å². The van der Waals surface area contributed by atoms with E-state index in [4.69, 9.17) is 22.2 Å². The zero-order valence-corrected chi connectivity index (χ0v) is 12.8. The highest BCUT2D eigenvalue weighted by Crippen LogP contribution is 2.14. The van der Waals surface area contributed by atoms with Gasteiger partial charge in [-0.15, -0.1) is 0 Å². The van der Waals surface area contributed by atoms with Gasteiger partial charge in [-0.3, -0.25) is 0 Å². The summed E-state index contributed by atoms with van der Waals surface area (Å²) in [5.74, 6) is -0.644. The molecule has 0 saturated heterocycles. The van der Waals surface area contributed by atoms with E-state index in [9.17, 15) is 4.79 Å². The highest BCUT2D eigenvalue weighted by atomic mass is 32.1. The molecule has 1 aromatic heterocycles. The molecule has 110 valence electrons. The van der Waals surface area contributed by atoms with E-state index < -0.39 is 5.97 Å². The third-order valence-corrected chi connectivity index (χ3v) is 3.36. The Morgan fingerprint density at radius 1 is 1.32 bits per heavy atom. The largest absolute Gasteiger partial charge is 0.462 e. The first-order valence-corrected chi connectivity index (χ1v) is 7.14. The first kappa shape index (κ1) is 15.7. The van der Waals surface area contributed by atoms with Crippen LogP contribution in [0.2, 0.25) is 0 Å². The summed E-state index contributed by atoms with van der Waals surface area (Å²) >= 11 is 5.45. The number of pyridine rings is 1. The summed E-state index contributed by atoms with van der Waals surface area (Å²) in [7, 11) is 0. The number of hydrogen-bond donors (Lipinski definition) is 0. The van der Waals surface area contributed by atoms with Crippen molar-refractivity contribution < 1.29 is 9.53 Å². The van der Waals surface area contributed by atoms with Crippen molar-refractivity contribution in [2.75, 3.05) is 6.61 Å². The van der Waals surface area contributed by atoms with Crippen molar-refractivity contribution in [1.29, 1.82) is 5.26 Å². The van der Waals surface area contributed by atoms with Crippen LogP contribution in [0.1, 0.15) is 12.5 Å². The average molecular weight is 310 g/mol. The lowest BCUT2D eigenvalue weighted by Gasteiger charge is -2.08. The number of carbonyl (C=O) groups excluding carboxylic acids is 1. The lowest BCUT2D eigenvalue weighted by Crippen LogP contribution is -2.06. The minimum atomic E-state index is -0.644. The van der Waals surface area contributed by atoms with E-state index in [1.165, 1.54) is 6.08 Å². The smallest absolute Gasteiger partial charge is 0.348 e. The summed E-state index contributed by atoms with van der Waals surface area (Å²) in [6.45, 7) is 1.91. The number of carbonyl (C=O) groups is 1. The number of ether oxygens (including phenoxy) is 1. The third kappa shape index (κ3) is 3.48. The predicted octanol–water partition coefficient (Wildman–Crippen LogP) is 3.68. The maximum Gasteiger partial charge on any atom is 0.348 e. The molecular weight excluding hydrogens is 296 g/mol. The van der Waals surface area contributed by atoms with E-state index in [1.54, 1.807) is 13.0 Å². The van der Waals surface area contributed by atoms with Gasteiger partial charge in [0.05, 0.1) is 6.61 Å². The Labute approximate surface area is 133 Å². The predicted molar refractivity (Wildman–Crippen MR) is 86.8 cm³/mol. The maximum atomic E-state index is 11.7. The molecule has 5 heteroatoms. The number of nitriles is 1. The molecule has 0 aliphatic carbocycles. The van der Waals surface area contributed by atoms with E-state index >= 15 is 0 Å². The van der Waals surface area contributed by atoms with Crippen molar-refractivity contribution in [3.63, 3.8) is 0 Å². The van der Waals surface area contributed by atoms with Crippen LogP contribution in [0.3, 0.4) is 0 Å². The molecule has 0 radical (unpaired) electrons. The molecule has 0 amide bonds. The number of nitrogens with zero attached hydrogens (tertiary/aromatic N) is 2. The van der Waals surface area contributed by atoms with Crippen molar-refractivity contribution in [2.45, 2.75) is 6.92 Å². The fraction of sp³-hybridized carbons (Fsp3) is 0.118. The molecule has 2 rings (SSSR count). The second kappa shape index (κ2) is 7.34. The van der Waals surface area contributed by atoms with Crippen LogP contribution in [0.5, 0.6) is 0 Å². The van der Waals surface area contributed by atoms with E-state index in [-0.39, 0.29) is 12.2 Å². The van der Waals surface area contributed by atoms with Crippen LogP contribution in [0, 0.1) is 16.0 Å². The first-order chi connectivity index (χ1) is 10.7. The molecule has 0 N–H and O–H groups in total. The first-order valence-electron chi connectivity index (χ1n) is 6.73. The zero-order chi connectivity index (χ0) is 15.9. The van der Waals surface area contributed by atoms with Gasteiger partial charge in [-0.1, -0.05) is 36.5 Å². The lowest BCUT2D eigenvalue weighted by molar-refractivity contribution is -0.137. The van der Waals surface area contributed by atoms with E-state index in [0.717, 1.165) is 5.69 Å². The van der Waals surface area contributed by atoms with Gasteiger partial charge in [-0.05, 0) is 31.2 Å². The quantitative estimate of drug-likeness (QED) is 0.374. The van der Waals surface area contributed by atoms with Gasteiger partial charge in [-0.25, -0.2) is 4.79 Å². The summed E-state index contributed by atoms with van der Waals surface area (Å²) in [5.41, 5.74) is 1.46. The molecule has 4 nitrogen and oxygen atoms in total. The van der Waals surface area contributed by atoms with Crippen LogP contribution in [-0.2, 0) is 9.53 Å². The molecule has 0 bridgehead atoms. The Kier molecular flexibility index (Phi) is 5.23. The standard InChI is InChI=1S/C17H14N2O2S/c1-2-21-17(20)14(12-18)11-13-7-6-10-19(16(13)22)15-8-4-3-5-9-15/h3-11H,2H2,1H3/b14-11+. The number of hydrogen-bond acceptors (Lipinski definition) is 4. The average Bonchev–Trinajstić information content (AvgIpc) is 2.55. The minimum absolute atomic E-state index is 0.0706. The normalized spacial score (nSPS) is 10.8.